The molecule has 0 saturated heterocycles. The van der Waals surface area contributed by atoms with E-state index in [-0.39, 0.29) is 24.3 Å². The largest absolute Gasteiger partial charge is 0.404 e. The molecular weight excluding hydrogens is 879 g/mol. The second kappa shape index (κ2) is 19.6. The van der Waals surface area contributed by atoms with Crippen molar-refractivity contribution in [3.63, 3.8) is 0 Å². The summed E-state index contributed by atoms with van der Waals surface area (Å²) >= 11 is 2.04. The summed E-state index contributed by atoms with van der Waals surface area (Å²) in [7, 11) is 0. The fraction of sp³-hybridized carbons (Fsp3) is 0.0833. The van der Waals surface area contributed by atoms with Crippen molar-refractivity contribution in [1.82, 2.24) is 29.4 Å². The molecule has 9 rings (SSSR count). The zero-order chi connectivity index (χ0) is 41.8. The molecule has 0 unspecified atom stereocenters. The highest BCUT2D eigenvalue weighted by Crippen LogP contribution is 2.31. The lowest BCUT2D eigenvalue weighted by Crippen LogP contribution is -2.30. The number of nitrogens with zero attached hydrogens (tertiary/aromatic N) is 6. The Morgan fingerprint density at radius 1 is 0.492 bits per heavy atom. The predicted octanol–water partition coefficient (Wildman–Crippen LogP) is 8.34. The van der Waals surface area contributed by atoms with Gasteiger partial charge >= 0.3 is 5.56 Å². The smallest absolute Gasteiger partial charge is 0.300 e. The molecule has 0 aliphatic carbocycles. The van der Waals surface area contributed by atoms with E-state index in [1.165, 1.54) is 22.1 Å². The van der Waals surface area contributed by atoms with Gasteiger partial charge in [-0.15, -0.1) is 9.46 Å². The fourth-order valence-corrected chi connectivity index (χ4v) is 7.34. The fourth-order valence-electron chi connectivity index (χ4n) is 6.64. The van der Waals surface area contributed by atoms with Crippen LogP contribution in [0.2, 0.25) is 0 Å². The second-order valence-electron chi connectivity index (χ2n) is 13.7. The Labute approximate surface area is 364 Å². The van der Waals surface area contributed by atoms with Crippen LogP contribution in [0.15, 0.2) is 186 Å². The van der Waals surface area contributed by atoms with Gasteiger partial charge in [0, 0.05) is 25.5 Å². The molecule has 0 aliphatic heterocycles. The van der Waals surface area contributed by atoms with E-state index in [9.17, 15) is 9.59 Å². The Balaban J connectivity index is 0.000000171. The van der Waals surface area contributed by atoms with Crippen molar-refractivity contribution in [2.75, 3.05) is 10.6 Å². The van der Waals surface area contributed by atoms with E-state index in [1.807, 2.05) is 174 Å². The summed E-state index contributed by atoms with van der Waals surface area (Å²) in [5.41, 5.74) is 7.18. The van der Waals surface area contributed by atoms with Crippen LogP contribution in [0, 0.1) is 3.57 Å². The molecule has 5 aromatic carbocycles. The summed E-state index contributed by atoms with van der Waals surface area (Å²) in [6.45, 7) is 1.66. The van der Waals surface area contributed by atoms with Crippen molar-refractivity contribution in [3.8, 4) is 11.1 Å². The summed E-state index contributed by atoms with van der Waals surface area (Å²) in [5.74, 6) is 0. The Morgan fingerprint density at radius 2 is 0.885 bits per heavy atom. The van der Waals surface area contributed by atoms with Gasteiger partial charge in [-0.1, -0.05) is 152 Å². The van der Waals surface area contributed by atoms with Gasteiger partial charge in [0.05, 0.1) is 27.7 Å². The molecule has 9 aromatic rings. The van der Waals surface area contributed by atoms with Crippen molar-refractivity contribution >= 4 is 56.0 Å². The number of hydrogen-bond donors (Lipinski definition) is 2. The van der Waals surface area contributed by atoms with Gasteiger partial charge in [-0.3, -0.25) is 9.59 Å². The lowest BCUT2D eigenvalue weighted by Gasteiger charge is -2.18. The summed E-state index contributed by atoms with van der Waals surface area (Å²) in [4.78, 5) is 55.6. The molecule has 0 spiro atoms. The molecule has 13 heteroatoms. The van der Waals surface area contributed by atoms with Crippen molar-refractivity contribution in [2.24, 2.45) is 0 Å². The number of benzene rings is 5. The number of hydrogen-bond acceptors (Lipinski definition) is 10. The van der Waals surface area contributed by atoms with Gasteiger partial charge in [0.25, 0.3) is 5.56 Å². The summed E-state index contributed by atoms with van der Waals surface area (Å²) in [6.07, 6.45) is 6.24. The highest BCUT2D eigenvalue weighted by atomic mass is 127. The number of halogens is 1. The third kappa shape index (κ3) is 9.58. The predicted molar refractivity (Wildman–Crippen MR) is 247 cm³/mol. The molecule has 0 saturated carbocycles. The zero-order valence-corrected chi connectivity index (χ0v) is 34.9. The van der Waals surface area contributed by atoms with Crippen LogP contribution in [0.25, 0.3) is 33.2 Å². The summed E-state index contributed by atoms with van der Waals surface area (Å²) in [5, 5.41) is 8.26. The monoisotopic (exact) mass is 918 g/mol. The van der Waals surface area contributed by atoms with Gasteiger partial charge in [0.2, 0.25) is 0 Å². The highest BCUT2D eigenvalue weighted by Gasteiger charge is 2.21. The maximum atomic E-state index is 13.8. The van der Waals surface area contributed by atoms with Crippen molar-refractivity contribution in [2.45, 2.75) is 26.3 Å². The average molecular weight is 919 g/mol. The maximum Gasteiger partial charge on any atom is 0.300 e. The first-order valence-corrected chi connectivity index (χ1v) is 20.5. The standard InChI is InChI=1S/C27H22N4O2.C21H17IN4O2/c32-27-24(22-14-8-3-9-15-22)25(29-16-20-10-4-1-5-11-20)23-17-28-19-30-26(23)31(27)33-18-21-12-6-2-7-13-21;22-18-19(24-11-15-7-3-1-4-8-15)17-12-23-14-25-20(17)26(21(18)27)28-13-16-9-5-2-6-10-16/h1-15,17,19,29H,16,18H2;1-10,12,14,24H,11,13H2. The Hall–Kier alpha value is -7.39. The van der Waals surface area contributed by atoms with E-state index in [4.69, 9.17) is 9.68 Å². The quantitative estimate of drug-likeness (QED) is 0.109. The van der Waals surface area contributed by atoms with Crippen LogP contribution in [0.4, 0.5) is 11.4 Å². The Bertz CT molecular complexity index is 2980. The van der Waals surface area contributed by atoms with Gasteiger partial charge in [-0.2, -0.15) is 0 Å². The average Bonchev–Trinajstić information content (AvgIpc) is 3.32. The molecule has 0 amide bonds. The number of pyridine rings is 2. The van der Waals surface area contributed by atoms with Crippen LogP contribution in [-0.4, -0.2) is 29.4 Å². The third-order valence-electron chi connectivity index (χ3n) is 9.64. The Kier molecular flexibility index (Phi) is 13.0. The molecule has 0 radical (unpaired) electrons. The van der Waals surface area contributed by atoms with Crippen LogP contribution in [0.5, 0.6) is 0 Å². The van der Waals surface area contributed by atoms with Gasteiger partial charge in [0.15, 0.2) is 11.3 Å². The van der Waals surface area contributed by atoms with Crippen molar-refractivity contribution in [1.29, 1.82) is 0 Å². The molecule has 302 valence electrons. The van der Waals surface area contributed by atoms with Gasteiger partial charge < -0.3 is 20.3 Å². The number of fused-ring (bicyclic) bond motifs is 2. The van der Waals surface area contributed by atoms with Crippen LogP contribution >= 0.6 is 22.6 Å². The minimum absolute atomic E-state index is 0.241. The number of aromatic nitrogens is 6. The topological polar surface area (TPSA) is 138 Å². The normalized spacial score (nSPS) is 10.8. The van der Waals surface area contributed by atoms with E-state index >= 15 is 0 Å². The summed E-state index contributed by atoms with van der Waals surface area (Å²) < 4.78 is 3.06. The second-order valence-corrected chi connectivity index (χ2v) is 14.8. The lowest BCUT2D eigenvalue weighted by molar-refractivity contribution is 0.0974. The molecule has 4 heterocycles. The molecule has 2 N–H and O–H groups in total. The molecule has 12 nitrogen and oxygen atoms in total. The first-order chi connectivity index (χ1) is 30.0. The molecule has 4 aromatic heterocycles. The molecule has 61 heavy (non-hydrogen) atoms. The number of nitrogens with one attached hydrogen (secondary N) is 2. The highest BCUT2D eigenvalue weighted by molar-refractivity contribution is 14.1. The van der Waals surface area contributed by atoms with Crippen LogP contribution in [0.1, 0.15) is 22.3 Å². The SMILES string of the molecule is O=c1c(-c2ccccc2)c(NCc2ccccc2)c2cncnc2n1OCc1ccccc1.O=c1c(I)c(NCc2ccccc2)c2cncnc2n1OCc1ccccc1. The maximum absolute atomic E-state index is 13.8. The molecule has 0 aliphatic rings. The van der Waals surface area contributed by atoms with Crippen LogP contribution in [0.3, 0.4) is 0 Å². The number of anilines is 2. The summed E-state index contributed by atoms with van der Waals surface area (Å²) in [6, 6.07) is 49.1. The van der Waals surface area contributed by atoms with E-state index in [2.05, 4.69) is 30.6 Å². The van der Waals surface area contributed by atoms with Gasteiger partial charge in [0.1, 0.15) is 29.4 Å². The minimum atomic E-state index is -0.279. The van der Waals surface area contributed by atoms with E-state index in [0.29, 0.717) is 50.3 Å². The van der Waals surface area contributed by atoms with E-state index < -0.39 is 0 Å². The lowest BCUT2D eigenvalue weighted by atomic mass is 10.0. The molecule has 0 bridgehead atoms. The van der Waals surface area contributed by atoms with Crippen molar-refractivity contribution < 1.29 is 9.68 Å². The Morgan fingerprint density at radius 3 is 1.36 bits per heavy atom. The van der Waals surface area contributed by atoms with Gasteiger partial charge in [-0.05, 0) is 50.4 Å². The molecule has 0 fully saturated rings. The van der Waals surface area contributed by atoms with Crippen LogP contribution in [-0.2, 0) is 26.3 Å². The first-order valence-electron chi connectivity index (χ1n) is 19.4. The minimum Gasteiger partial charge on any atom is -0.404 e. The van der Waals surface area contributed by atoms with E-state index in [1.54, 1.807) is 12.4 Å². The first kappa shape index (κ1) is 40.4. The zero-order valence-electron chi connectivity index (χ0n) is 32.8. The molecular formula is C48H39IN8O4. The van der Waals surface area contributed by atoms with Gasteiger partial charge in [-0.25, -0.2) is 19.9 Å². The number of rotatable bonds is 13. The van der Waals surface area contributed by atoms with Crippen molar-refractivity contribution in [3.05, 3.63) is 223 Å². The van der Waals surface area contributed by atoms with Crippen LogP contribution < -0.4 is 31.4 Å². The molecule has 0 atom stereocenters. The van der Waals surface area contributed by atoms with E-state index in [0.717, 1.165) is 33.2 Å². The third-order valence-corrected chi connectivity index (χ3v) is 10.6.